The molecule has 0 atom stereocenters. The predicted molar refractivity (Wildman–Crippen MR) is 116 cm³/mol. The van der Waals surface area contributed by atoms with Gasteiger partial charge in [-0.25, -0.2) is 4.79 Å². The molecule has 149 valence electrons. The van der Waals surface area contributed by atoms with Crippen LogP contribution in [0.5, 0.6) is 0 Å². The first kappa shape index (κ1) is 21.5. The Morgan fingerprint density at radius 2 is 1.83 bits per heavy atom. The molecule has 0 aliphatic rings. The fraction of sp³-hybridized carbons (Fsp3) is 0.217. The number of aryl methyl sites for hydroxylation is 1. The van der Waals surface area contributed by atoms with Crippen LogP contribution < -0.4 is 11.2 Å². The number of aromatic nitrogens is 2. The molecular weight excluding hydrogens is 555 g/mol. The molecule has 1 N–H and O–H groups in total. The summed E-state index contributed by atoms with van der Waals surface area (Å²) < 4.78 is 2.69. The number of nitrogens with zero attached hydrogens (tertiary/aromatic N) is 1. The van der Waals surface area contributed by atoms with Crippen LogP contribution >= 0.6 is 11.3 Å². The number of aromatic amines is 1. The van der Waals surface area contributed by atoms with Crippen molar-refractivity contribution in [1.82, 2.24) is 9.55 Å². The first-order valence-corrected chi connectivity index (χ1v) is 9.99. The Labute approximate surface area is 186 Å². The van der Waals surface area contributed by atoms with Crippen molar-refractivity contribution < 1.29 is 20.4 Å². The minimum absolute atomic E-state index is 0. The molecule has 0 spiro atoms. The Hall–Kier alpha value is -2.26. The maximum atomic E-state index is 12.3. The molecule has 0 saturated heterocycles. The zero-order valence-corrected chi connectivity index (χ0v) is 20.2. The molecule has 0 aliphatic carbocycles. The molecule has 0 fully saturated rings. The van der Waals surface area contributed by atoms with E-state index in [0.717, 1.165) is 16.7 Å². The molecule has 2 aromatic carbocycles. The molecule has 4 nitrogen and oxygen atoms in total. The summed E-state index contributed by atoms with van der Waals surface area (Å²) in [6, 6.07) is 15.2. The van der Waals surface area contributed by atoms with Crippen LogP contribution in [0, 0.1) is 13.0 Å². The van der Waals surface area contributed by atoms with Crippen LogP contribution in [0.15, 0.2) is 57.6 Å². The van der Waals surface area contributed by atoms with E-state index >= 15 is 0 Å². The van der Waals surface area contributed by atoms with E-state index in [4.69, 9.17) is 0 Å². The van der Waals surface area contributed by atoms with Gasteiger partial charge in [0.15, 0.2) is 0 Å². The molecule has 0 bridgehead atoms. The van der Waals surface area contributed by atoms with Crippen LogP contribution in [0.3, 0.4) is 0 Å². The first-order valence-electron chi connectivity index (χ1n) is 9.11. The van der Waals surface area contributed by atoms with E-state index in [-0.39, 0.29) is 25.8 Å². The van der Waals surface area contributed by atoms with Gasteiger partial charge in [0.05, 0.1) is 0 Å². The summed E-state index contributed by atoms with van der Waals surface area (Å²) in [5.74, 6) is 0. The fourth-order valence-corrected chi connectivity index (χ4v) is 4.18. The number of benzene rings is 2. The quantitative estimate of drug-likeness (QED) is 0.349. The molecule has 6 heteroatoms. The van der Waals surface area contributed by atoms with Crippen molar-refractivity contribution in [2.24, 2.45) is 0 Å². The zero-order valence-electron chi connectivity index (χ0n) is 16.7. The summed E-state index contributed by atoms with van der Waals surface area (Å²) in [5.41, 5.74) is 3.97. The SMILES string of the molecule is Cc1csc2cc(-c3[c-]c(C(C)(C)C)cc(-n4ccc(=O)[nH]c4=O)c3)ccc12.[Re]. The van der Waals surface area contributed by atoms with E-state index in [2.05, 4.69) is 62.3 Å². The third-order valence-electron chi connectivity index (χ3n) is 4.84. The van der Waals surface area contributed by atoms with Gasteiger partial charge in [0.1, 0.15) is 0 Å². The number of hydrogen-bond acceptors (Lipinski definition) is 3. The van der Waals surface area contributed by atoms with Crippen LogP contribution in [0.25, 0.3) is 26.9 Å². The van der Waals surface area contributed by atoms with Crippen molar-refractivity contribution in [3.63, 3.8) is 0 Å². The Bertz CT molecular complexity index is 1310. The zero-order chi connectivity index (χ0) is 20.1. The van der Waals surface area contributed by atoms with Gasteiger partial charge in [0.25, 0.3) is 5.56 Å². The average molecular weight is 576 g/mol. The number of H-pyrrole nitrogens is 1. The van der Waals surface area contributed by atoms with Crippen molar-refractivity contribution >= 4 is 21.4 Å². The van der Waals surface area contributed by atoms with E-state index < -0.39 is 11.2 Å². The Balaban J connectivity index is 0.00000240. The normalized spacial score (nSPS) is 11.4. The van der Waals surface area contributed by atoms with Crippen molar-refractivity contribution in [1.29, 1.82) is 0 Å². The van der Waals surface area contributed by atoms with Gasteiger partial charge in [0, 0.05) is 37.4 Å². The van der Waals surface area contributed by atoms with Gasteiger partial charge in [-0.2, -0.15) is 0 Å². The number of fused-ring (bicyclic) bond motifs is 1. The third kappa shape index (κ3) is 4.21. The van der Waals surface area contributed by atoms with Gasteiger partial charge < -0.3 is 0 Å². The maximum Gasteiger partial charge on any atom is 0.331 e. The second-order valence-corrected chi connectivity index (χ2v) is 8.94. The standard InChI is InChI=1S/C23H21N2O2S.Re/c1-14-13-28-20-11-15(5-6-19(14)20)16-9-17(23(2,3)4)12-18(10-16)25-8-7-21(26)24-22(25)27;/h5-8,10-13H,1-4H3,(H,24,26,27);/q-1;. The third-order valence-corrected chi connectivity index (χ3v) is 5.91. The summed E-state index contributed by atoms with van der Waals surface area (Å²) in [5, 5.41) is 3.42. The van der Waals surface area contributed by atoms with Gasteiger partial charge in [-0.05, 0) is 34.4 Å². The summed E-state index contributed by atoms with van der Waals surface area (Å²) in [6.07, 6.45) is 1.51. The Morgan fingerprint density at radius 3 is 2.52 bits per heavy atom. The average Bonchev–Trinajstić information content (AvgIpc) is 3.01. The van der Waals surface area contributed by atoms with Gasteiger partial charge >= 0.3 is 5.69 Å². The number of rotatable bonds is 2. The van der Waals surface area contributed by atoms with Crippen molar-refractivity contribution in [2.45, 2.75) is 33.1 Å². The molecule has 2 heterocycles. The number of thiophene rings is 1. The largest absolute Gasteiger partial charge is 0.331 e. The summed E-state index contributed by atoms with van der Waals surface area (Å²) in [7, 11) is 0. The van der Waals surface area contributed by atoms with Crippen molar-refractivity contribution in [2.75, 3.05) is 0 Å². The Morgan fingerprint density at radius 1 is 1.07 bits per heavy atom. The topological polar surface area (TPSA) is 54.9 Å². The maximum absolute atomic E-state index is 12.3. The van der Waals surface area contributed by atoms with Crippen molar-refractivity contribution in [3.05, 3.63) is 86.0 Å². The minimum atomic E-state index is -0.450. The molecule has 29 heavy (non-hydrogen) atoms. The van der Waals surface area contributed by atoms with Gasteiger partial charge in [0.2, 0.25) is 0 Å². The van der Waals surface area contributed by atoms with E-state index in [1.54, 1.807) is 11.3 Å². The van der Waals surface area contributed by atoms with E-state index in [9.17, 15) is 9.59 Å². The molecule has 4 aromatic rings. The van der Waals surface area contributed by atoms with Crippen molar-refractivity contribution in [3.8, 4) is 16.8 Å². The van der Waals surface area contributed by atoms with E-state index in [1.165, 1.54) is 32.5 Å². The molecule has 4 rings (SSSR count). The van der Waals surface area contributed by atoms with Gasteiger partial charge in [-0.1, -0.05) is 44.5 Å². The molecule has 0 aliphatic heterocycles. The van der Waals surface area contributed by atoms with Crippen LogP contribution in [0.1, 0.15) is 31.9 Å². The number of hydrogen-bond donors (Lipinski definition) is 1. The molecule has 1 radical (unpaired) electrons. The van der Waals surface area contributed by atoms with Gasteiger partial charge in [-0.15, -0.1) is 40.7 Å². The fourth-order valence-electron chi connectivity index (χ4n) is 3.20. The Kier molecular flexibility index (Phi) is 5.82. The van der Waals surface area contributed by atoms with Crippen LogP contribution in [-0.4, -0.2) is 9.55 Å². The molecule has 0 unspecified atom stereocenters. The van der Waals surface area contributed by atoms with E-state index in [0.29, 0.717) is 5.69 Å². The van der Waals surface area contributed by atoms with Gasteiger partial charge in [-0.3, -0.25) is 14.3 Å². The van der Waals surface area contributed by atoms with Crippen LogP contribution in [0.4, 0.5) is 0 Å². The van der Waals surface area contributed by atoms with E-state index in [1.807, 2.05) is 12.1 Å². The summed E-state index contributed by atoms with van der Waals surface area (Å²) >= 11 is 1.73. The minimum Gasteiger partial charge on any atom is -0.287 e. The summed E-state index contributed by atoms with van der Waals surface area (Å²) in [6.45, 7) is 8.47. The second kappa shape index (κ2) is 7.87. The predicted octanol–water partition coefficient (Wildman–Crippen LogP) is 4.81. The molecule has 0 amide bonds. The molecule has 2 aromatic heterocycles. The first-order chi connectivity index (χ1) is 13.2. The van der Waals surface area contributed by atoms with Crippen LogP contribution in [0.2, 0.25) is 0 Å². The summed E-state index contributed by atoms with van der Waals surface area (Å²) in [4.78, 5) is 26.1. The smallest absolute Gasteiger partial charge is 0.287 e. The molecular formula is C23H21N2O2ReS-. The molecule has 0 saturated carbocycles. The number of nitrogens with one attached hydrogen (secondary N) is 1. The monoisotopic (exact) mass is 576 g/mol. The second-order valence-electron chi connectivity index (χ2n) is 8.03. The van der Waals surface area contributed by atoms with Crippen LogP contribution in [-0.2, 0) is 25.8 Å².